The Labute approximate surface area is 160 Å². The Morgan fingerprint density at radius 3 is 2.33 bits per heavy atom. The maximum atomic E-state index is 11.1. The fraction of sp³-hybridized carbons (Fsp3) is 0.250. The third-order valence-electron chi connectivity index (χ3n) is 5.45. The van der Waals surface area contributed by atoms with E-state index in [-0.39, 0.29) is 23.3 Å². The Bertz CT molecular complexity index is 1060. The molecule has 3 aromatic rings. The summed E-state index contributed by atoms with van der Waals surface area (Å²) in [4.78, 5) is 0.610. The van der Waals surface area contributed by atoms with Crippen LogP contribution in [0.3, 0.4) is 0 Å². The van der Waals surface area contributed by atoms with E-state index in [1.807, 2.05) is 37.3 Å². The lowest BCUT2D eigenvalue weighted by Crippen LogP contribution is -2.18. The maximum absolute atomic E-state index is 11.1. The van der Waals surface area contributed by atoms with E-state index >= 15 is 0 Å². The Balaban J connectivity index is 1.62. The lowest BCUT2D eigenvalue weighted by molar-refractivity contribution is 0.408. The third kappa shape index (κ3) is 2.45. The molecule has 0 radical (unpaired) electrons. The minimum atomic E-state index is 0.154. The van der Waals surface area contributed by atoms with Crippen LogP contribution in [0.4, 0.5) is 0 Å². The number of aromatic nitrogens is 4. The van der Waals surface area contributed by atoms with Crippen LogP contribution in [0, 0.1) is 6.92 Å². The third-order valence-corrected chi connectivity index (χ3v) is 6.59. The largest absolute Gasteiger partial charge is 0.507 e. The Kier molecular flexibility index (Phi) is 3.72. The van der Waals surface area contributed by atoms with Crippen LogP contribution in [0.5, 0.6) is 11.5 Å². The summed E-state index contributed by atoms with van der Waals surface area (Å²) in [5.41, 5.74) is 3.25. The second-order valence-corrected chi connectivity index (χ2v) is 7.94. The number of tetrazole rings is 1. The number of phenols is 2. The van der Waals surface area contributed by atoms with Gasteiger partial charge in [0.25, 0.3) is 0 Å². The average molecular weight is 378 g/mol. The van der Waals surface area contributed by atoms with Crippen molar-refractivity contribution in [1.82, 2.24) is 20.2 Å². The normalized spacial score (nSPS) is 20.0. The number of allylic oxidation sites excluding steroid dienone is 2. The molecule has 2 bridgehead atoms. The molecule has 2 atom stereocenters. The van der Waals surface area contributed by atoms with E-state index in [0.29, 0.717) is 15.6 Å². The van der Waals surface area contributed by atoms with E-state index in [4.69, 9.17) is 0 Å². The smallest absolute Gasteiger partial charge is 0.219 e. The monoisotopic (exact) mass is 378 g/mol. The predicted molar refractivity (Wildman–Crippen MR) is 102 cm³/mol. The summed E-state index contributed by atoms with van der Waals surface area (Å²) in [6.45, 7) is 1.83. The van der Waals surface area contributed by atoms with Crippen LogP contribution in [-0.2, 0) is 0 Å². The molecular formula is C20H18N4O2S. The SMILES string of the molecule is Cc1c(O)c2c(c(O)c1Sc1nnnn1-c1ccccc1)C1C=CC2CC1. The summed E-state index contributed by atoms with van der Waals surface area (Å²) in [7, 11) is 0. The van der Waals surface area contributed by atoms with E-state index in [0.717, 1.165) is 29.7 Å². The highest BCUT2D eigenvalue weighted by Gasteiger charge is 2.36. The van der Waals surface area contributed by atoms with Crippen molar-refractivity contribution >= 4 is 11.8 Å². The van der Waals surface area contributed by atoms with Gasteiger partial charge in [0.1, 0.15) is 11.5 Å². The van der Waals surface area contributed by atoms with Crippen LogP contribution in [-0.4, -0.2) is 30.4 Å². The summed E-state index contributed by atoms with van der Waals surface area (Å²) in [5.74, 6) is 0.860. The number of hydrogen-bond acceptors (Lipinski definition) is 6. The predicted octanol–water partition coefficient (Wildman–Crippen LogP) is 4.06. The molecule has 3 aliphatic carbocycles. The Morgan fingerprint density at radius 1 is 1.00 bits per heavy atom. The molecule has 0 fully saturated rings. The molecule has 0 amide bonds. The minimum Gasteiger partial charge on any atom is -0.507 e. The molecule has 0 saturated heterocycles. The van der Waals surface area contributed by atoms with Gasteiger partial charge in [0.15, 0.2) is 0 Å². The lowest BCUT2D eigenvalue weighted by atomic mass is 9.70. The Morgan fingerprint density at radius 2 is 1.67 bits per heavy atom. The standard InChI is InChI=1S/C20H18N4O2S/c1-11-17(25)15-12-7-9-13(10-8-12)16(15)18(26)19(11)27-20-21-22-23-24(20)14-5-3-2-4-6-14/h2-7,9,12-13,25-26H,8,10H2,1H3. The van der Waals surface area contributed by atoms with Crippen LogP contribution in [0.25, 0.3) is 5.69 Å². The van der Waals surface area contributed by atoms with Crippen LogP contribution in [0.15, 0.2) is 52.5 Å². The zero-order valence-corrected chi connectivity index (χ0v) is 15.5. The summed E-state index contributed by atoms with van der Waals surface area (Å²) in [6, 6.07) is 9.60. The zero-order chi connectivity index (χ0) is 18.5. The Hall–Kier alpha value is -2.80. The highest BCUT2D eigenvalue weighted by molar-refractivity contribution is 7.99. The second-order valence-electron chi connectivity index (χ2n) is 6.96. The molecule has 3 aliphatic rings. The topological polar surface area (TPSA) is 84.1 Å². The summed E-state index contributed by atoms with van der Waals surface area (Å²) < 4.78 is 1.63. The molecule has 7 heteroatoms. The highest BCUT2D eigenvalue weighted by atomic mass is 32.2. The van der Waals surface area contributed by atoms with Crippen molar-refractivity contribution in [1.29, 1.82) is 0 Å². The van der Waals surface area contributed by atoms with Crippen molar-refractivity contribution in [3.8, 4) is 17.2 Å². The number of aromatic hydroxyl groups is 2. The first-order valence-corrected chi connectivity index (χ1v) is 9.75. The fourth-order valence-corrected chi connectivity index (χ4v) is 5.05. The quantitative estimate of drug-likeness (QED) is 0.528. The van der Waals surface area contributed by atoms with Crippen molar-refractivity contribution in [2.24, 2.45) is 0 Å². The lowest BCUT2D eigenvalue weighted by Gasteiger charge is -2.35. The van der Waals surface area contributed by atoms with Crippen molar-refractivity contribution in [3.63, 3.8) is 0 Å². The number of hydrogen-bond donors (Lipinski definition) is 2. The molecule has 2 N–H and O–H groups in total. The van der Waals surface area contributed by atoms with Crippen molar-refractivity contribution in [2.75, 3.05) is 0 Å². The maximum Gasteiger partial charge on any atom is 0.219 e. The molecule has 0 saturated carbocycles. The van der Waals surface area contributed by atoms with Gasteiger partial charge in [-0.05, 0) is 54.1 Å². The first-order valence-electron chi connectivity index (χ1n) is 8.93. The van der Waals surface area contributed by atoms with Crippen LogP contribution < -0.4 is 0 Å². The van der Waals surface area contributed by atoms with Gasteiger partial charge in [-0.2, -0.15) is 4.68 Å². The fourth-order valence-electron chi connectivity index (χ4n) is 4.11. The van der Waals surface area contributed by atoms with Gasteiger partial charge in [0.05, 0.1) is 10.6 Å². The molecule has 6 rings (SSSR count). The first kappa shape index (κ1) is 16.4. The number of rotatable bonds is 3. The zero-order valence-electron chi connectivity index (χ0n) is 14.7. The summed E-state index contributed by atoms with van der Waals surface area (Å²) >= 11 is 1.28. The molecule has 0 aliphatic heterocycles. The first-order chi connectivity index (χ1) is 13.1. The molecular weight excluding hydrogens is 360 g/mol. The van der Waals surface area contributed by atoms with Gasteiger partial charge < -0.3 is 10.2 Å². The molecule has 0 spiro atoms. The van der Waals surface area contributed by atoms with Crippen molar-refractivity contribution in [3.05, 3.63) is 59.2 Å². The van der Waals surface area contributed by atoms with Gasteiger partial charge in [-0.15, -0.1) is 5.10 Å². The van der Waals surface area contributed by atoms with Crippen LogP contribution in [0.1, 0.15) is 41.4 Å². The van der Waals surface area contributed by atoms with Crippen LogP contribution in [0.2, 0.25) is 0 Å². The number of nitrogens with zero attached hydrogens (tertiary/aromatic N) is 4. The highest BCUT2D eigenvalue weighted by Crippen LogP contribution is 2.56. The van der Waals surface area contributed by atoms with E-state index in [9.17, 15) is 10.2 Å². The second kappa shape index (κ2) is 6.13. The number of benzene rings is 2. The van der Waals surface area contributed by atoms with Crippen LogP contribution >= 0.6 is 11.8 Å². The van der Waals surface area contributed by atoms with Crippen molar-refractivity contribution in [2.45, 2.75) is 41.7 Å². The molecule has 6 nitrogen and oxygen atoms in total. The van der Waals surface area contributed by atoms with Gasteiger partial charge in [0, 0.05) is 28.5 Å². The number of phenolic OH excluding ortho intramolecular Hbond substituents is 2. The molecule has 2 aromatic carbocycles. The molecule has 2 unspecified atom stereocenters. The van der Waals surface area contributed by atoms with Gasteiger partial charge in [-0.3, -0.25) is 0 Å². The van der Waals surface area contributed by atoms with Gasteiger partial charge in [0.2, 0.25) is 5.16 Å². The van der Waals surface area contributed by atoms with Gasteiger partial charge in [-0.25, -0.2) is 0 Å². The number of fused-ring (bicyclic) bond motifs is 1. The summed E-state index contributed by atoms with van der Waals surface area (Å²) in [6.07, 6.45) is 6.31. The molecule has 1 heterocycles. The molecule has 27 heavy (non-hydrogen) atoms. The van der Waals surface area contributed by atoms with Crippen molar-refractivity contribution < 1.29 is 10.2 Å². The van der Waals surface area contributed by atoms with E-state index in [2.05, 4.69) is 27.7 Å². The van der Waals surface area contributed by atoms with E-state index in [1.165, 1.54) is 11.8 Å². The molecule has 136 valence electrons. The summed E-state index contributed by atoms with van der Waals surface area (Å²) in [5, 5.41) is 34.5. The minimum absolute atomic E-state index is 0.154. The molecule has 1 aromatic heterocycles. The number of para-hydroxylation sites is 1. The van der Waals surface area contributed by atoms with E-state index < -0.39 is 0 Å². The average Bonchev–Trinajstić information content (AvgIpc) is 3.18. The van der Waals surface area contributed by atoms with Gasteiger partial charge >= 0.3 is 0 Å². The van der Waals surface area contributed by atoms with E-state index in [1.54, 1.807) is 4.68 Å². The van der Waals surface area contributed by atoms with Gasteiger partial charge in [-0.1, -0.05) is 30.4 Å².